The maximum Gasteiger partial charge on any atom is 0.345 e. The summed E-state index contributed by atoms with van der Waals surface area (Å²) in [5.41, 5.74) is 1.01. The van der Waals surface area contributed by atoms with Crippen LogP contribution in [0.2, 0.25) is 0 Å². The Labute approximate surface area is 133 Å². The van der Waals surface area contributed by atoms with Gasteiger partial charge >= 0.3 is 5.97 Å². The molecule has 1 aromatic heterocycles. The van der Waals surface area contributed by atoms with Crippen LogP contribution in [-0.2, 0) is 11.3 Å². The highest BCUT2D eigenvalue weighted by atomic mass is 32.1. The average Bonchev–Trinajstić information content (AvgIpc) is 3.00. The summed E-state index contributed by atoms with van der Waals surface area (Å²) in [5.74, 6) is -1.11. The van der Waals surface area contributed by atoms with Gasteiger partial charge in [-0.05, 0) is 24.1 Å². The molecule has 22 heavy (non-hydrogen) atoms. The molecule has 0 aliphatic heterocycles. The van der Waals surface area contributed by atoms with Gasteiger partial charge in [-0.15, -0.1) is 11.3 Å². The van der Waals surface area contributed by atoms with E-state index in [1.807, 2.05) is 30.3 Å². The molecule has 2 rings (SSSR count). The van der Waals surface area contributed by atoms with Gasteiger partial charge in [0.15, 0.2) is 0 Å². The SMILES string of the molecule is CCCC(C(=O)NCc1ccc(C(=O)O)s1)c1ccccc1. The van der Waals surface area contributed by atoms with E-state index in [1.54, 1.807) is 12.1 Å². The summed E-state index contributed by atoms with van der Waals surface area (Å²) in [4.78, 5) is 24.4. The summed E-state index contributed by atoms with van der Waals surface area (Å²) >= 11 is 1.19. The molecule has 0 fully saturated rings. The maximum atomic E-state index is 12.4. The summed E-state index contributed by atoms with van der Waals surface area (Å²) in [6.45, 7) is 2.42. The minimum absolute atomic E-state index is 0.0154. The van der Waals surface area contributed by atoms with Crippen molar-refractivity contribution in [2.24, 2.45) is 0 Å². The van der Waals surface area contributed by atoms with Crippen LogP contribution in [0.1, 0.15) is 45.8 Å². The molecule has 0 aliphatic rings. The van der Waals surface area contributed by atoms with E-state index in [0.29, 0.717) is 6.54 Å². The molecule has 1 aromatic carbocycles. The summed E-state index contributed by atoms with van der Waals surface area (Å²) < 4.78 is 0. The van der Waals surface area contributed by atoms with E-state index in [-0.39, 0.29) is 16.7 Å². The Bertz CT molecular complexity index is 636. The molecule has 1 amide bonds. The number of thiophene rings is 1. The smallest absolute Gasteiger partial charge is 0.345 e. The van der Waals surface area contributed by atoms with Gasteiger partial charge in [0, 0.05) is 4.88 Å². The quantitative estimate of drug-likeness (QED) is 0.819. The number of carboxylic acid groups (broad SMARTS) is 1. The molecule has 116 valence electrons. The number of hydrogen-bond donors (Lipinski definition) is 2. The molecule has 0 saturated carbocycles. The van der Waals surface area contributed by atoms with E-state index in [1.165, 1.54) is 11.3 Å². The Morgan fingerprint density at radius 2 is 1.91 bits per heavy atom. The zero-order valence-electron chi connectivity index (χ0n) is 12.4. The number of carbonyl (C=O) groups excluding carboxylic acids is 1. The molecule has 1 heterocycles. The fraction of sp³-hybridized carbons (Fsp3) is 0.294. The first-order valence-corrected chi connectivity index (χ1v) is 8.08. The van der Waals surface area contributed by atoms with Gasteiger partial charge in [0.2, 0.25) is 5.91 Å². The predicted molar refractivity (Wildman–Crippen MR) is 87.2 cm³/mol. The standard InChI is InChI=1S/C17H19NO3S/c1-2-6-14(12-7-4-3-5-8-12)16(19)18-11-13-9-10-15(22-13)17(20)21/h3-5,7-10,14H,2,6,11H2,1H3,(H,18,19)(H,20,21). The molecular weight excluding hydrogens is 298 g/mol. The minimum Gasteiger partial charge on any atom is -0.477 e. The molecule has 2 aromatic rings. The summed E-state index contributed by atoms with van der Waals surface area (Å²) in [6, 6.07) is 13.0. The fourth-order valence-electron chi connectivity index (χ4n) is 2.31. The van der Waals surface area contributed by atoms with Gasteiger partial charge in [0.25, 0.3) is 0 Å². The van der Waals surface area contributed by atoms with Crippen LogP contribution in [0.25, 0.3) is 0 Å². The van der Waals surface area contributed by atoms with Crippen molar-refractivity contribution in [2.75, 3.05) is 0 Å². The first-order chi connectivity index (χ1) is 10.6. The third-order valence-corrected chi connectivity index (χ3v) is 4.48. The molecule has 0 spiro atoms. The van der Waals surface area contributed by atoms with Gasteiger partial charge in [0.05, 0.1) is 12.5 Å². The predicted octanol–water partition coefficient (Wildman–Crippen LogP) is 3.65. The molecule has 0 radical (unpaired) electrons. The number of carbonyl (C=O) groups is 2. The molecule has 0 saturated heterocycles. The van der Waals surface area contributed by atoms with Gasteiger partial charge in [-0.3, -0.25) is 4.79 Å². The molecule has 4 nitrogen and oxygen atoms in total. The van der Waals surface area contributed by atoms with E-state index in [4.69, 9.17) is 5.11 Å². The third kappa shape index (κ3) is 4.18. The van der Waals surface area contributed by atoms with Crippen LogP contribution in [0.15, 0.2) is 42.5 Å². The second kappa shape index (κ2) is 7.75. The highest BCUT2D eigenvalue weighted by Gasteiger charge is 2.19. The number of amides is 1. The van der Waals surface area contributed by atoms with Crippen molar-refractivity contribution >= 4 is 23.2 Å². The Balaban J connectivity index is 2.00. The van der Waals surface area contributed by atoms with E-state index < -0.39 is 5.97 Å². The average molecular weight is 317 g/mol. The number of hydrogen-bond acceptors (Lipinski definition) is 3. The summed E-state index contributed by atoms with van der Waals surface area (Å²) in [5, 5.41) is 11.8. The second-order valence-corrected chi connectivity index (χ2v) is 6.21. The molecular formula is C17H19NO3S. The van der Waals surface area contributed by atoms with Crippen LogP contribution in [0.3, 0.4) is 0 Å². The Morgan fingerprint density at radius 3 is 2.50 bits per heavy atom. The highest BCUT2D eigenvalue weighted by Crippen LogP contribution is 2.22. The monoisotopic (exact) mass is 317 g/mol. The van der Waals surface area contributed by atoms with E-state index in [9.17, 15) is 9.59 Å². The highest BCUT2D eigenvalue weighted by molar-refractivity contribution is 7.13. The number of nitrogens with one attached hydrogen (secondary N) is 1. The first kappa shape index (κ1) is 16.2. The van der Waals surface area contributed by atoms with Crippen LogP contribution in [-0.4, -0.2) is 17.0 Å². The first-order valence-electron chi connectivity index (χ1n) is 7.26. The van der Waals surface area contributed by atoms with Crippen molar-refractivity contribution < 1.29 is 14.7 Å². The Hall–Kier alpha value is -2.14. The number of benzene rings is 1. The van der Waals surface area contributed by atoms with Gasteiger partial charge in [0.1, 0.15) is 4.88 Å². The third-order valence-electron chi connectivity index (χ3n) is 3.41. The van der Waals surface area contributed by atoms with E-state index in [0.717, 1.165) is 23.3 Å². The number of rotatable bonds is 7. The lowest BCUT2D eigenvalue weighted by Crippen LogP contribution is -2.28. The van der Waals surface area contributed by atoms with Crippen molar-refractivity contribution in [1.82, 2.24) is 5.32 Å². The van der Waals surface area contributed by atoms with Crippen LogP contribution in [0.5, 0.6) is 0 Å². The molecule has 0 bridgehead atoms. The summed E-state index contributed by atoms with van der Waals surface area (Å²) in [6.07, 6.45) is 1.72. The zero-order chi connectivity index (χ0) is 15.9. The van der Waals surface area contributed by atoms with Gasteiger partial charge in [-0.1, -0.05) is 43.7 Å². The van der Waals surface area contributed by atoms with Crippen LogP contribution < -0.4 is 5.32 Å². The molecule has 1 atom stereocenters. The van der Waals surface area contributed by atoms with Crippen molar-refractivity contribution in [3.63, 3.8) is 0 Å². The van der Waals surface area contributed by atoms with Crippen molar-refractivity contribution in [2.45, 2.75) is 32.2 Å². The zero-order valence-corrected chi connectivity index (χ0v) is 13.2. The Kier molecular flexibility index (Phi) is 5.72. The normalized spacial score (nSPS) is 11.9. The molecule has 0 aliphatic carbocycles. The van der Waals surface area contributed by atoms with Gasteiger partial charge in [-0.25, -0.2) is 4.79 Å². The lowest BCUT2D eigenvalue weighted by atomic mass is 9.93. The van der Waals surface area contributed by atoms with E-state index in [2.05, 4.69) is 12.2 Å². The lowest BCUT2D eigenvalue weighted by molar-refractivity contribution is -0.122. The van der Waals surface area contributed by atoms with Crippen molar-refractivity contribution in [3.05, 3.63) is 57.8 Å². The molecule has 1 unspecified atom stereocenters. The van der Waals surface area contributed by atoms with Crippen LogP contribution in [0, 0.1) is 0 Å². The van der Waals surface area contributed by atoms with Crippen molar-refractivity contribution in [3.8, 4) is 0 Å². The molecule has 2 N–H and O–H groups in total. The lowest BCUT2D eigenvalue weighted by Gasteiger charge is -2.16. The minimum atomic E-state index is -0.935. The molecule has 5 heteroatoms. The maximum absolute atomic E-state index is 12.4. The van der Waals surface area contributed by atoms with Crippen molar-refractivity contribution in [1.29, 1.82) is 0 Å². The summed E-state index contributed by atoms with van der Waals surface area (Å²) in [7, 11) is 0. The number of carboxylic acids is 1. The largest absolute Gasteiger partial charge is 0.477 e. The van der Waals surface area contributed by atoms with Gasteiger partial charge in [-0.2, -0.15) is 0 Å². The second-order valence-electron chi connectivity index (χ2n) is 5.04. The van der Waals surface area contributed by atoms with Crippen LogP contribution >= 0.6 is 11.3 Å². The number of aromatic carboxylic acids is 1. The Morgan fingerprint density at radius 1 is 1.18 bits per heavy atom. The van der Waals surface area contributed by atoms with Crippen LogP contribution in [0.4, 0.5) is 0 Å². The topological polar surface area (TPSA) is 66.4 Å². The van der Waals surface area contributed by atoms with E-state index >= 15 is 0 Å². The fourth-order valence-corrected chi connectivity index (χ4v) is 3.09. The van der Waals surface area contributed by atoms with Gasteiger partial charge < -0.3 is 10.4 Å².